The van der Waals surface area contributed by atoms with Crippen molar-refractivity contribution in [3.05, 3.63) is 65.5 Å². The van der Waals surface area contributed by atoms with Crippen LogP contribution < -0.4 is 5.32 Å². The summed E-state index contributed by atoms with van der Waals surface area (Å²) in [5.41, 5.74) is 0.745. The number of rotatable bonds is 7. The van der Waals surface area contributed by atoms with E-state index in [1.807, 2.05) is 18.2 Å². The molecule has 2 unspecified atom stereocenters. The van der Waals surface area contributed by atoms with Gasteiger partial charge in [-0.05, 0) is 23.3 Å². The van der Waals surface area contributed by atoms with E-state index in [1.165, 1.54) is 12.3 Å². The molecule has 0 aliphatic heterocycles. The summed E-state index contributed by atoms with van der Waals surface area (Å²) in [5.74, 6) is -1.24. The number of benzene rings is 1. The summed E-state index contributed by atoms with van der Waals surface area (Å²) in [6.45, 7) is -0.183. The number of aromatic nitrogens is 1. The van der Waals surface area contributed by atoms with Gasteiger partial charge in [-0.25, -0.2) is 14.6 Å². The van der Waals surface area contributed by atoms with Crippen molar-refractivity contribution in [1.29, 1.82) is 0 Å². The molecule has 4 N–H and O–H groups in total. The van der Waals surface area contributed by atoms with Gasteiger partial charge < -0.3 is 25.4 Å². The number of aliphatic hydroxyl groups excluding tert-OH is 2. The number of amides is 1. The summed E-state index contributed by atoms with van der Waals surface area (Å²) in [6.07, 6.45) is -2.24. The van der Waals surface area contributed by atoms with Gasteiger partial charge in [0.15, 0.2) is 0 Å². The highest BCUT2D eigenvalue weighted by Crippen LogP contribution is 2.17. The predicted molar refractivity (Wildman–Crippen MR) is 86.8 cm³/mol. The van der Waals surface area contributed by atoms with E-state index in [9.17, 15) is 19.8 Å². The number of ether oxygens (including phenoxy) is 1. The Balaban J connectivity index is 1.82. The van der Waals surface area contributed by atoms with E-state index >= 15 is 0 Å². The Morgan fingerprint density at radius 3 is 2.56 bits per heavy atom. The minimum Gasteiger partial charge on any atom is -0.477 e. The highest BCUT2D eigenvalue weighted by atomic mass is 16.5. The number of carboxylic acids is 1. The second-order valence-corrected chi connectivity index (χ2v) is 5.23. The molecule has 0 aliphatic rings. The summed E-state index contributed by atoms with van der Waals surface area (Å²) in [6, 6.07) is 11.6. The lowest BCUT2D eigenvalue weighted by Crippen LogP contribution is -2.35. The molecule has 0 radical (unpaired) electrons. The van der Waals surface area contributed by atoms with Crippen LogP contribution >= 0.6 is 0 Å². The van der Waals surface area contributed by atoms with Crippen molar-refractivity contribution in [2.75, 3.05) is 6.54 Å². The van der Waals surface area contributed by atoms with Crippen molar-refractivity contribution >= 4 is 12.1 Å². The molecule has 0 aliphatic carbocycles. The highest BCUT2D eigenvalue weighted by Gasteiger charge is 2.20. The van der Waals surface area contributed by atoms with Crippen LogP contribution in [0.2, 0.25) is 0 Å². The van der Waals surface area contributed by atoms with Gasteiger partial charge in [-0.3, -0.25) is 0 Å². The minimum absolute atomic E-state index is 0.0810. The fourth-order valence-corrected chi connectivity index (χ4v) is 2.04. The molecule has 2 rings (SSSR count). The fourth-order valence-electron chi connectivity index (χ4n) is 2.04. The van der Waals surface area contributed by atoms with Crippen LogP contribution in [-0.4, -0.2) is 45.0 Å². The fraction of sp³-hybridized carbons (Fsp3) is 0.235. The maximum absolute atomic E-state index is 11.6. The van der Waals surface area contributed by atoms with E-state index in [-0.39, 0.29) is 24.4 Å². The Kier molecular flexibility index (Phi) is 6.44. The molecule has 0 bridgehead atoms. The Morgan fingerprint density at radius 2 is 1.88 bits per heavy atom. The van der Waals surface area contributed by atoms with Crippen molar-refractivity contribution in [2.24, 2.45) is 0 Å². The maximum atomic E-state index is 11.6. The number of carbonyl (C=O) groups excluding carboxylic acids is 1. The van der Waals surface area contributed by atoms with Crippen LogP contribution in [0.1, 0.15) is 27.7 Å². The van der Waals surface area contributed by atoms with Gasteiger partial charge in [-0.1, -0.05) is 30.3 Å². The smallest absolute Gasteiger partial charge is 0.407 e. The summed E-state index contributed by atoms with van der Waals surface area (Å²) >= 11 is 0. The largest absolute Gasteiger partial charge is 0.477 e. The molecule has 0 saturated carbocycles. The zero-order valence-electron chi connectivity index (χ0n) is 13.2. The Hall–Kier alpha value is -2.97. The number of nitrogens with one attached hydrogen (secondary N) is 1. The van der Waals surface area contributed by atoms with Gasteiger partial charge in [0, 0.05) is 12.7 Å². The van der Waals surface area contributed by atoms with E-state index in [1.54, 1.807) is 12.1 Å². The normalized spacial score (nSPS) is 12.9. The molecule has 2 atom stereocenters. The lowest BCUT2D eigenvalue weighted by molar-refractivity contribution is 0.0183. The van der Waals surface area contributed by atoms with Gasteiger partial charge in [0.25, 0.3) is 0 Å². The molecule has 1 aromatic carbocycles. The van der Waals surface area contributed by atoms with Crippen molar-refractivity contribution in [3.63, 3.8) is 0 Å². The highest BCUT2D eigenvalue weighted by molar-refractivity contribution is 5.85. The number of hydrogen-bond donors (Lipinski definition) is 4. The van der Waals surface area contributed by atoms with E-state index in [2.05, 4.69) is 10.3 Å². The van der Waals surface area contributed by atoms with E-state index in [4.69, 9.17) is 9.84 Å². The molecule has 1 amide bonds. The van der Waals surface area contributed by atoms with Crippen LogP contribution in [0, 0.1) is 0 Å². The molecule has 0 saturated heterocycles. The Labute approximate surface area is 143 Å². The first-order valence-electron chi connectivity index (χ1n) is 7.47. The van der Waals surface area contributed by atoms with Crippen molar-refractivity contribution in [3.8, 4) is 0 Å². The second-order valence-electron chi connectivity index (χ2n) is 5.23. The quantitative estimate of drug-likeness (QED) is 0.591. The van der Waals surface area contributed by atoms with Crippen LogP contribution in [0.4, 0.5) is 4.79 Å². The van der Waals surface area contributed by atoms with Gasteiger partial charge in [-0.2, -0.15) is 0 Å². The number of aliphatic hydroxyl groups is 2. The van der Waals surface area contributed by atoms with Crippen molar-refractivity contribution in [2.45, 2.75) is 18.8 Å². The van der Waals surface area contributed by atoms with E-state index < -0.39 is 24.3 Å². The molecule has 132 valence electrons. The predicted octanol–water partition coefficient (Wildman–Crippen LogP) is 1.10. The lowest BCUT2D eigenvalue weighted by Gasteiger charge is -2.18. The number of carbonyl (C=O) groups is 2. The third-order valence-corrected chi connectivity index (χ3v) is 3.38. The Bertz CT molecular complexity index is 722. The average Bonchev–Trinajstić information content (AvgIpc) is 2.64. The molecular formula is C17H18N2O6. The standard InChI is InChI=1S/C17H18N2O6/c20-14(15(21)12-6-7-18-13(8-12)16(22)23)9-19-17(24)25-10-11-4-2-1-3-5-11/h1-8,14-15,20-21H,9-10H2,(H,19,24)(H,22,23). The zero-order valence-corrected chi connectivity index (χ0v) is 13.2. The maximum Gasteiger partial charge on any atom is 0.407 e. The van der Waals surface area contributed by atoms with Gasteiger partial charge in [0.05, 0.1) is 0 Å². The first-order chi connectivity index (χ1) is 12.0. The summed E-state index contributed by atoms with van der Waals surface area (Å²) in [5, 5.41) is 31.2. The van der Waals surface area contributed by atoms with E-state index in [0.29, 0.717) is 0 Å². The van der Waals surface area contributed by atoms with Gasteiger partial charge in [0.1, 0.15) is 24.5 Å². The molecule has 1 aromatic heterocycles. The van der Waals surface area contributed by atoms with Crippen LogP contribution in [-0.2, 0) is 11.3 Å². The van der Waals surface area contributed by atoms with Crippen LogP contribution in [0.3, 0.4) is 0 Å². The van der Waals surface area contributed by atoms with Crippen molar-refractivity contribution in [1.82, 2.24) is 10.3 Å². The molecule has 1 heterocycles. The number of carboxylic acid groups (broad SMARTS) is 1. The summed E-state index contributed by atoms with van der Waals surface area (Å²) < 4.78 is 4.98. The van der Waals surface area contributed by atoms with Gasteiger partial charge >= 0.3 is 12.1 Å². The zero-order chi connectivity index (χ0) is 18.2. The summed E-state index contributed by atoms with van der Waals surface area (Å²) in [7, 11) is 0. The molecule has 0 spiro atoms. The minimum atomic E-state index is -1.38. The SMILES string of the molecule is O=C(NCC(O)C(O)c1ccnc(C(=O)O)c1)OCc1ccccc1. The molecule has 25 heavy (non-hydrogen) atoms. The topological polar surface area (TPSA) is 129 Å². The van der Waals surface area contributed by atoms with Crippen LogP contribution in [0.5, 0.6) is 0 Å². The molecule has 0 fully saturated rings. The number of pyridine rings is 1. The summed E-state index contributed by atoms with van der Waals surface area (Å²) in [4.78, 5) is 26.1. The molecule has 2 aromatic rings. The number of nitrogens with zero attached hydrogens (tertiary/aromatic N) is 1. The van der Waals surface area contributed by atoms with Crippen molar-refractivity contribution < 1.29 is 29.6 Å². The van der Waals surface area contributed by atoms with Crippen LogP contribution in [0.25, 0.3) is 0 Å². The number of hydrogen-bond acceptors (Lipinski definition) is 6. The molecule has 8 heteroatoms. The average molecular weight is 346 g/mol. The van der Waals surface area contributed by atoms with Gasteiger partial charge in [0.2, 0.25) is 0 Å². The first kappa shape index (κ1) is 18.4. The lowest BCUT2D eigenvalue weighted by atomic mass is 10.0. The van der Waals surface area contributed by atoms with E-state index in [0.717, 1.165) is 11.6 Å². The second kappa shape index (κ2) is 8.76. The monoisotopic (exact) mass is 346 g/mol. The molecular weight excluding hydrogens is 328 g/mol. The number of aromatic carboxylic acids is 1. The third-order valence-electron chi connectivity index (χ3n) is 3.38. The Morgan fingerprint density at radius 1 is 1.16 bits per heavy atom. The third kappa shape index (κ3) is 5.55. The first-order valence-corrected chi connectivity index (χ1v) is 7.47. The number of alkyl carbamates (subject to hydrolysis) is 1. The van der Waals surface area contributed by atoms with Gasteiger partial charge in [-0.15, -0.1) is 0 Å². The van der Waals surface area contributed by atoms with Crippen LogP contribution in [0.15, 0.2) is 48.7 Å². The molecule has 8 nitrogen and oxygen atoms in total.